The molecule has 0 bridgehead atoms. The minimum atomic E-state index is -0.552. The lowest BCUT2D eigenvalue weighted by molar-refractivity contribution is -0.122. The van der Waals surface area contributed by atoms with Crippen molar-refractivity contribution in [2.45, 2.75) is 25.8 Å². The summed E-state index contributed by atoms with van der Waals surface area (Å²) in [5.74, 6) is 0.385. The maximum Gasteiger partial charge on any atom is 0.274 e. The van der Waals surface area contributed by atoms with Crippen LogP contribution in [0.15, 0.2) is 30.3 Å². The summed E-state index contributed by atoms with van der Waals surface area (Å²) >= 11 is 1.29. The third-order valence-electron chi connectivity index (χ3n) is 5.59. The zero-order chi connectivity index (χ0) is 18.4. The number of nitrogens with zero attached hydrogens (tertiary/aromatic N) is 2. The molecule has 2 aromatic rings. The second-order valence-corrected chi connectivity index (χ2v) is 8.43. The van der Waals surface area contributed by atoms with Crippen molar-refractivity contribution in [1.82, 2.24) is 9.88 Å². The molecule has 26 heavy (non-hydrogen) atoms. The van der Waals surface area contributed by atoms with E-state index in [4.69, 9.17) is 11.5 Å². The normalized spacial score (nSPS) is 27.5. The molecule has 4 rings (SSSR count). The number of thiazole rings is 1. The van der Waals surface area contributed by atoms with Gasteiger partial charge in [0.2, 0.25) is 5.91 Å². The molecule has 1 aromatic carbocycles. The maximum atomic E-state index is 13.3. The predicted octanol–water partition coefficient (Wildman–Crippen LogP) is 2.36. The van der Waals surface area contributed by atoms with Crippen molar-refractivity contribution in [1.29, 1.82) is 0 Å². The minimum Gasteiger partial charge on any atom is -0.375 e. The highest BCUT2D eigenvalue weighted by Crippen LogP contribution is 2.46. The molecule has 1 aliphatic heterocycles. The Kier molecular flexibility index (Phi) is 4.19. The van der Waals surface area contributed by atoms with Gasteiger partial charge in [0.05, 0.1) is 4.88 Å². The van der Waals surface area contributed by atoms with Gasteiger partial charge in [0.25, 0.3) is 5.91 Å². The first-order valence-electron chi connectivity index (χ1n) is 8.87. The molecule has 4 N–H and O–H groups in total. The van der Waals surface area contributed by atoms with Crippen LogP contribution in [0, 0.1) is 17.8 Å². The lowest BCUT2D eigenvalue weighted by Crippen LogP contribution is -2.46. The number of anilines is 1. The van der Waals surface area contributed by atoms with Crippen LogP contribution in [0.1, 0.15) is 30.3 Å². The van der Waals surface area contributed by atoms with Gasteiger partial charge < -0.3 is 16.4 Å². The van der Waals surface area contributed by atoms with Gasteiger partial charge in [-0.1, -0.05) is 48.6 Å². The lowest BCUT2D eigenvalue weighted by atomic mass is 9.93. The highest BCUT2D eigenvalue weighted by atomic mass is 32.1. The van der Waals surface area contributed by atoms with Crippen molar-refractivity contribution < 1.29 is 9.59 Å². The average Bonchev–Trinajstić information content (AvgIpc) is 3.26. The molecule has 2 heterocycles. The number of aromatic nitrogens is 1. The number of likely N-dealkylation sites (tertiary alicyclic amines) is 1. The van der Waals surface area contributed by atoms with Crippen LogP contribution >= 0.6 is 11.3 Å². The number of nitrogens with two attached hydrogens (primary N) is 2. The van der Waals surface area contributed by atoms with Gasteiger partial charge in [0, 0.05) is 6.54 Å². The van der Waals surface area contributed by atoms with Crippen molar-refractivity contribution >= 4 is 28.3 Å². The predicted molar refractivity (Wildman–Crippen MR) is 101 cm³/mol. The highest BCUT2D eigenvalue weighted by Gasteiger charge is 2.51. The number of hydrogen-bond donors (Lipinski definition) is 2. The smallest absolute Gasteiger partial charge is 0.274 e. The summed E-state index contributed by atoms with van der Waals surface area (Å²) in [6.45, 7) is 2.75. The Morgan fingerprint density at radius 1 is 1.23 bits per heavy atom. The van der Waals surface area contributed by atoms with Gasteiger partial charge in [0.1, 0.15) is 11.7 Å². The van der Waals surface area contributed by atoms with E-state index in [0.717, 1.165) is 23.3 Å². The number of amides is 2. The Bertz CT molecular complexity index is 850. The summed E-state index contributed by atoms with van der Waals surface area (Å²) < 4.78 is 0. The monoisotopic (exact) mass is 370 g/mol. The van der Waals surface area contributed by atoms with E-state index in [-0.39, 0.29) is 11.8 Å². The van der Waals surface area contributed by atoms with E-state index in [0.29, 0.717) is 29.2 Å². The fraction of sp³-hybridized carbons (Fsp3) is 0.421. The number of benzene rings is 1. The largest absolute Gasteiger partial charge is 0.375 e. The molecule has 1 saturated heterocycles. The Labute approximate surface area is 156 Å². The van der Waals surface area contributed by atoms with Crippen LogP contribution in [0.25, 0.3) is 10.4 Å². The molecular weight excluding hydrogens is 348 g/mol. The minimum absolute atomic E-state index is 0.155. The van der Waals surface area contributed by atoms with Crippen LogP contribution < -0.4 is 11.5 Å². The van der Waals surface area contributed by atoms with E-state index >= 15 is 0 Å². The third-order valence-corrected chi connectivity index (χ3v) is 6.53. The molecular formula is C19H22N4O2S. The number of carbonyl (C=O) groups excluding carboxylic acids is 2. The zero-order valence-corrected chi connectivity index (χ0v) is 15.4. The fourth-order valence-corrected chi connectivity index (χ4v) is 5.45. The van der Waals surface area contributed by atoms with Gasteiger partial charge in [-0.15, -0.1) is 0 Å². The summed E-state index contributed by atoms with van der Waals surface area (Å²) in [4.78, 5) is 32.1. The molecule has 7 heteroatoms. The Balaban J connectivity index is 1.69. The molecule has 2 fully saturated rings. The molecule has 0 spiro atoms. The highest BCUT2D eigenvalue weighted by molar-refractivity contribution is 7.19. The van der Waals surface area contributed by atoms with Crippen LogP contribution in [-0.2, 0) is 4.79 Å². The van der Waals surface area contributed by atoms with Gasteiger partial charge >= 0.3 is 0 Å². The molecule has 1 aliphatic carbocycles. The van der Waals surface area contributed by atoms with E-state index in [1.165, 1.54) is 11.3 Å². The van der Waals surface area contributed by atoms with Gasteiger partial charge in [-0.3, -0.25) is 9.59 Å². The lowest BCUT2D eigenvalue weighted by Gasteiger charge is -2.25. The topological polar surface area (TPSA) is 102 Å². The molecule has 2 amide bonds. The third kappa shape index (κ3) is 2.76. The second kappa shape index (κ2) is 6.39. The van der Waals surface area contributed by atoms with Crippen molar-refractivity contribution in [2.75, 3.05) is 12.3 Å². The Morgan fingerprint density at radius 3 is 2.65 bits per heavy atom. The van der Waals surface area contributed by atoms with Crippen LogP contribution in [0.4, 0.5) is 5.13 Å². The van der Waals surface area contributed by atoms with E-state index in [1.807, 2.05) is 30.3 Å². The van der Waals surface area contributed by atoms with Crippen molar-refractivity contribution in [3.05, 3.63) is 36.0 Å². The summed E-state index contributed by atoms with van der Waals surface area (Å²) in [7, 11) is 0. The molecule has 6 nitrogen and oxygen atoms in total. The number of hydrogen-bond acceptors (Lipinski definition) is 5. The molecule has 2 aliphatic rings. The Hall–Kier alpha value is -2.41. The van der Waals surface area contributed by atoms with Gasteiger partial charge in [-0.25, -0.2) is 4.98 Å². The first kappa shape index (κ1) is 17.0. The first-order valence-corrected chi connectivity index (χ1v) is 9.69. The summed E-state index contributed by atoms with van der Waals surface area (Å²) in [6.07, 6.45) is 1.97. The van der Waals surface area contributed by atoms with E-state index in [2.05, 4.69) is 11.9 Å². The maximum absolute atomic E-state index is 13.3. The van der Waals surface area contributed by atoms with Crippen molar-refractivity contribution in [3.63, 3.8) is 0 Å². The van der Waals surface area contributed by atoms with Gasteiger partial charge in [0.15, 0.2) is 5.13 Å². The Morgan fingerprint density at radius 2 is 1.96 bits per heavy atom. The number of carbonyl (C=O) groups is 2. The SMILES string of the molecule is CC1C[C@H]2CN(C(=O)c3nc(N)sc3-c3ccccc3)[C@H](C(N)=O)[C@H]2C1. The van der Waals surface area contributed by atoms with Gasteiger partial charge in [-0.2, -0.15) is 0 Å². The molecule has 1 saturated carbocycles. The van der Waals surface area contributed by atoms with Crippen molar-refractivity contribution in [2.24, 2.45) is 23.5 Å². The molecule has 1 unspecified atom stereocenters. The molecule has 0 radical (unpaired) electrons. The first-order chi connectivity index (χ1) is 12.5. The standard InChI is InChI=1S/C19H22N4O2S/c1-10-7-12-9-23(15(17(20)24)13(12)8-10)18(25)14-16(26-19(21)22-14)11-5-3-2-4-6-11/h2-6,10,12-13,15H,7-9H2,1H3,(H2,20,24)(H2,21,22)/t10?,12-,13-,15-/m0/s1. The fourth-order valence-electron chi connectivity index (χ4n) is 4.62. The summed E-state index contributed by atoms with van der Waals surface area (Å²) in [5.41, 5.74) is 12.8. The van der Waals surface area contributed by atoms with Crippen LogP contribution in [0.3, 0.4) is 0 Å². The summed E-state index contributed by atoms with van der Waals surface area (Å²) in [5, 5.41) is 0.343. The van der Waals surface area contributed by atoms with Crippen molar-refractivity contribution in [3.8, 4) is 10.4 Å². The zero-order valence-electron chi connectivity index (χ0n) is 14.6. The second-order valence-electron chi connectivity index (χ2n) is 7.40. The molecule has 1 aromatic heterocycles. The number of fused-ring (bicyclic) bond motifs is 1. The molecule has 136 valence electrons. The number of rotatable bonds is 3. The van der Waals surface area contributed by atoms with E-state index < -0.39 is 11.9 Å². The van der Waals surface area contributed by atoms with Crippen LogP contribution in [-0.4, -0.2) is 34.3 Å². The molecule has 4 atom stereocenters. The van der Waals surface area contributed by atoms with Crippen LogP contribution in [0.2, 0.25) is 0 Å². The van der Waals surface area contributed by atoms with E-state index in [1.54, 1.807) is 4.90 Å². The van der Waals surface area contributed by atoms with Crippen LogP contribution in [0.5, 0.6) is 0 Å². The number of primary amides is 1. The van der Waals surface area contributed by atoms with Gasteiger partial charge in [-0.05, 0) is 36.2 Å². The average molecular weight is 370 g/mol. The van der Waals surface area contributed by atoms with E-state index in [9.17, 15) is 9.59 Å². The quantitative estimate of drug-likeness (QED) is 0.866. The number of nitrogen functional groups attached to an aromatic ring is 1. The summed E-state index contributed by atoms with van der Waals surface area (Å²) in [6, 6.07) is 9.04.